The summed E-state index contributed by atoms with van der Waals surface area (Å²) in [5.41, 5.74) is 0.575. The van der Waals surface area contributed by atoms with Crippen molar-refractivity contribution in [2.24, 2.45) is 0 Å². The molecule has 0 atom stereocenters. The first kappa shape index (κ1) is 17.9. The number of halogens is 1. The average Bonchev–Trinajstić information content (AvgIpc) is 2.65. The SMILES string of the molecule is O=C(COc1ccc2cc(Br)ccc2c1)NCC(=O)Nc1cccnc1. The van der Waals surface area contributed by atoms with Crippen molar-refractivity contribution in [3.63, 3.8) is 0 Å². The fourth-order valence-electron chi connectivity index (χ4n) is 2.31. The van der Waals surface area contributed by atoms with Crippen molar-refractivity contribution in [2.45, 2.75) is 0 Å². The standard InChI is InChI=1S/C19H16BrN3O3/c20-15-5-3-14-9-17(6-4-13(14)8-15)26-12-19(25)22-11-18(24)23-16-2-1-7-21-10-16/h1-10H,11-12H2,(H,22,25)(H,23,24). The first-order valence-corrected chi connectivity index (χ1v) is 8.68. The van der Waals surface area contributed by atoms with E-state index in [0.717, 1.165) is 15.2 Å². The van der Waals surface area contributed by atoms with Crippen LogP contribution in [-0.4, -0.2) is 29.9 Å². The first-order valence-electron chi connectivity index (χ1n) is 7.89. The van der Waals surface area contributed by atoms with Gasteiger partial charge in [-0.1, -0.05) is 28.1 Å². The number of benzene rings is 2. The molecule has 0 aliphatic heterocycles. The lowest BCUT2D eigenvalue weighted by atomic mass is 10.1. The monoisotopic (exact) mass is 413 g/mol. The van der Waals surface area contributed by atoms with E-state index in [2.05, 4.69) is 31.5 Å². The van der Waals surface area contributed by atoms with E-state index in [4.69, 9.17) is 4.74 Å². The number of anilines is 1. The largest absolute Gasteiger partial charge is 0.484 e. The number of carbonyl (C=O) groups is 2. The minimum absolute atomic E-state index is 0.136. The number of fused-ring (bicyclic) bond motifs is 1. The summed E-state index contributed by atoms with van der Waals surface area (Å²) < 4.78 is 6.49. The summed E-state index contributed by atoms with van der Waals surface area (Å²) >= 11 is 3.43. The number of ether oxygens (including phenoxy) is 1. The summed E-state index contributed by atoms with van der Waals surface area (Å²) in [5, 5.41) is 7.24. The summed E-state index contributed by atoms with van der Waals surface area (Å²) in [4.78, 5) is 27.5. The van der Waals surface area contributed by atoms with Crippen LogP contribution in [0.2, 0.25) is 0 Å². The number of nitrogens with zero attached hydrogens (tertiary/aromatic N) is 1. The number of nitrogens with one attached hydrogen (secondary N) is 2. The maximum atomic E-state index is 11.8. The molecule has 2 N–H and O–H groups in total. The van der Waals surface area contributed by atoms with E-state index in [0.29, 0.717) is 11.4 Å². The van der Waals surface area contributed by atoms with Crippen molar-refractivity contribution in [1.29, 1.82) is 0 Å². The highest BCUT2D eigenvalue weighted by atomic mass is 79.9. The highest BCUT2D eigenvalue weighted by molar-refractivity contribution is 9.10. The Morgan fingerprint density at radius 3 is 2.65 bits per heavy atom. The molecule has 0 saturated carbocycles. The molecule has 6 nitrogen and oxygen atoms in total. The van der Waals surface area contributed by atoms with Crippen LogP contribution in [0.15, 0.2) is 65.4 Å². The topological polar surface area (TPSA) is 80.3 Å². The predicted molar refractivity (Wildman–Crippen MR) is 103 cm³/mol. The smallest absolute Gasteiger partial charge is 0.258 e. The Balaban J connectivity index is 1.46. The van der Waals surface area contributed by atoms with Crippen LogP contribution >= 0.6 is 15.9 Å². The van der Waals surface area contributed by atoms with Gasteiger partial charge in [0.2, 0.25) is 5.91 Å². The Labute approximate surface area is 158 Å². The van der Waals surface area contributed by atoms with Gasteiger partial charge in [0.15, 0.2) is 6.61 Å². The molecule has 7 heteroatoms. The summed E-state index contributed by atoms with van der Waals surface area (Å²) in [7, 11) is 0. The number of amides is 2. The second-order valence-electron chi connectivity index (χ2n) is 5.51. The zero-order valence-electron chi connectivity index (χ0n) is 13.7. The molecule has 0 fully saturated rings. The van der Waals surface area contributed by atoms with Crippen LogP contribution < -0.4 is 15.4 Å². The fourth-order valence-corrected chi connectivity index (χ4v) is 2.68. The molecular formula is C19H16BrN3O3. The lowest BCUT2D eigenvalue weighted by Gasteiger charge is -2.09. The molecule has 2 amide bonds. The maximum absolute atomic E-state index is 11.8. The third-order valence-corrected chi connectivity index (χ3v) is 4.03. The molecule has 0 unspecified atom stereocenters. The van der Waals surface area contributed by atoms with Crippen LogP contribution in [0.4, 0.5) is 5.69 Å². The van der Waals surface area contributed by atoms with E-state index in [1.54, 1.807) is 24.4 Å². The number of hydrogen-bond donors (Lipinski definition) is 2. The second kappa shape index (κ2) is 8.44. The van der Waals surface area contributed by atoms with Crippen molar-refractivity contribution in [1.82, 2.24) is 10.3 Å². The van der Waals surface area contributed by atoms with E-state index in [-0.39, 0.29) is 25.0 Å². The highest BCUT2D eigenvalue weighted by Gasteiger charge is 2.07. The zero-order valence-corrected chi connectivity index (χ0v) is 15.3. The molecule has 0 spiro atoms. The molecule has 0 radical (unpaired) electrons. The predicted octanol–water partition coefficient (Wildman–Crippen LogP) is 3.13. The number of pyridine rings is 1. The van der Waals surface area contributed by atoms with Crippen LogP contribution in [0.3, 0.4) is 0 Å². The quantitative estimate of drug-likeness (QED) is 0.650. The third-order valence-electron chi connectivity index (χ3n) is 3.54. The van der Waals surface area contributed by atoms with E-state index >= 15 is 0 Å². The highest BCUT2D eigenvalue weighted by Crippen LogP contribution is 2.24. The number of carbonyl (C=O) groups excluding carboxylic acids is 2. The third kappa shape index (κ3) is 5.03. The van der Waals surface area contributed by atoms with Crippen molar-refractivity contribution in [3.8, 4) is 5.75 Å². The van der Waals surface area contributed by atoms with Gasteiger partial charge in [-0.3, -0.25) is 14.6 Å². The lowest BCUT2D eigenvalue weighted by molar-refractivity contribution is -0.125. The van der Waals surface area contributed by atoms with Crippen LogP contribution in [0.5, 0.6) is 5.75 Å². The van der Waals surface area contributed by atoms with E-state index in [1.165, 1.54) is 6.20 Å². The van der Waals surface area contributed by atoms with Crippen LogP contribution in [0.1, 0.15) is 0 Å². The molecule has 1 aromatic heterocycles. The molecule has 132 valence electrons. The van der Waals surface area contributed by atoms with Crippen LogP contribution in [0, 0.1) is 0 Å². The minimum Gasteiger partial charge on any atom is -0.484 e. The van der Waals surface area contributed by atoms with Gasteiger partial charge in [-0.05, 0) is 47.2 Å². The molecule has 0 bridgehead atoms. The first-order chi connectivity index (χ1) is 12.6. The Morgan fingerprint density at radius 1 is 1.04 bits per heavy atom. The van der Waals surface area contributed by atoms with E-state index in [1.807, 2.05) is 30.3 Å². The van der Waals surface area contributed by atoms with Crippen LogP contribution in [0.25, 0.3) is 10.8 Å². The Hall–Kier alpha value is -2.93. The molecule has 0 saturated heterocycles. The van der Waals surface area contributed by atoms with Gasteiger partial charge in [-0.2, -0.15) is 0 Å². The van der Waals surface area contributed by atoms with Gasteiger partial charge in [0.05, 0.1) is 18.4 Å². The molecule has 3 aromatic rings. The summed E-state index contributed by atoms with van der Waals surface area (Å²) in [6, 6.07) is 14.9. The lowest BCUT2D eigenvalue weighted by Crippen LogP contribution is -2.35. The Kier molecular flexibility index (Phi) is 5.80. The van der Waals surface area contributed by atoms with Gasteiger partial charge in [-0.25, -0.2) is 0 Å². The van der Waals surface area contributed by atoms with Crippen molar-refractivity contribution in [3.05, 3.63) is 65.4 Å². The molecule has 1 heterocycles. The summed E-state index contributed by atoms with van der Waals surface area (Å²) in [6.07, 6.45) is 3.14. The van der Waals surface area contributed by atoms with Crippen molar-refractivity contribution in [2.75, 3.05) is 18.5 Å². The van der Waals surface area contributed by atoms with Gasteiger partial charge in [0.1, 0.15) is 5.75 Å². The molecule has 26 heavy (non-hydrogen) atoms. The Bertz CT molecular complexity index is 932. The van der Waals surface area contributed by atoms with Gasteiger partial charge >= 0.3 is 0 Å². The maximum Gasteiger partial charge on any atom is 0.258 e. The summed E-state index contributed by atoms with van der Waals surface area (Å²) in [5.74, 6) is -0.111. The molecular weight excluding hydrogens is 398 g/mol. The van der Waals surface area contributed by atoms with Gasteiger partial charge in [0.25, 0.3) is 5.91 Å². The molecule has 0 aliphatic carbocycles. The van der Waals surface area contributed by atoms with Crippen LogP contribution in [-0.2, 0) is 9.59 Å². The van der Waals surface area contributed by atoms with Gasteiger partial charge in [0, 0.05) is 10.7 Å². The molecule has 0 aliphatic rings. The number of rotatable bonds is 6. The minimum atomic E-state index is -0.373. The van der Waals surface area contributed by atoms with Crippen molar-refractivity contribution >= 4 is 44.2 Å². The Morgan fingerprint density at radius 2 is 1.85 bits per heavy atom. The second-order valence-corrected chi connectivity index (χ2v) is 6.42. The van der Waals surface area contributed by atoms with Gasteiger partial charge < -0.3 is 15.4 Å². The average molecular weight is 414 g/mol. The molecule has 3 rings (SSSR count). The van der Waals surface area contributed by atoms with E-state index < -0.39 is 0 Å². The van der Waals surface area contributed by atoms with E-state index in [9.17, 15) is 9.59 Å². The molecule has 2 aromatic carbocycles. The van der Waals surface area contributed by atoms with Crippen molar-refractivity contribution < 1.29 is 14.3 Å². The zero-order chi connectivity index (χ0) is 18.4. The number of aromatic nitrogens is 1. The number of hydrogen-bond acceptors (Lipinski definition) is 4. The normalized spacial score (nSPS) is 10.3. The fraction of sp³-hybridized carbons (Fsp3) is 0.105. The summed E-state index contributed by atoms with van der Waals surface area (Å²) in [6.45, 7) is -0.301. The van der Waals surface area contributed by atoms with Gasteiger partial charge in [-0.15, -0.1) is 0 Å².